The van der Waals surface area contributed by atoms with Gasteiger partial charge in [-0.05, 0) is 41.6 Å². The largest absolute Gasteiger partial charge is 0.322 e. The number of hydrogen-bond donors (Lipinski definition) is 2. The van der Waals surface area contributed by atoms with E-state index < -0.39 is 0 Å². The molecule has 0 fully saturated rings. The molecule has 0 aliphatic rings. The van der Waals surface area contributed by atoms with Gasteiger partial charge in [-0.1, -0.05) is 72.3 Å². The molecule has 1 heterocycles. The van der Waals surface area contributed by atoms with Crippen molar-refractivity contribution in [2.75, 3.05) is 5.32 Å². The molecule has 0 saturated carbocycles. The van der Waals surface area contributed by atoms with Gasteiger partial charge in [0.05, 0.1) is 22.8 Å². The Labute approximate surface area is 185 Å². The lowest BCUT2D eigenvalue weighted by molar-refractivity contribution is 0.206. The molecule has 0 unspecified atom stereocenters. The number of fused-ring (bicyclic) bond motifs is 1. The molecule has 0 aliphatic heterocycles. The molecule has 5 nitrogen and oxygen atoms in total. The Morgan fingerprint density at radius 2 is 1.71 bits per heavy atom. The highest BCUT2D eigenvalue weighted by Crippen LogP contribution is 2.22. The van der Waals surface area contributed by atoms with Gasteiger partial charge in [-0.25, -0.2) is 4.79 Å². The third kappa shape index (κ3) is 4.78. The first-order chi connectivity index (χ1) is 15.0. The normalized spacial score (nSPS) is 10.8. The number of carbonyl (C=O) groups excluding carboxylic acids is 1. The van der Waals surface area contributed by atoms with Crippen LogP contribution in [0.1, 0.15) is 16.7 Å². The monoisotopic (exact) mass is 431 g/mol. The number of urea groups is 1. The van der Waals surface area contributed by atoms with Crippen molar-refractivity contribution in [2.45, 2.75) is 20.0 Å². The summed E-state index contributed by atoms with van der Waals surface area (Å²) in [6.07, 6.45) is 0. The van der Waals surface area contributed by atoms with Gasteiger partial charge in [0, 0.05) is 12.1 Å². The maximum atomic E-state index is 13.1. The zero-order valence-corrected chi connectivity index (χ0v) is 17.8. The van der Waals surface area contributed by atoms with Crippen LogP contribution in [0.3, 0.4) is 0 Å². The van der Waals surface area contributed by atoms with E-state index in [2.05, 4.69) is 10.3 Å². The number of benzene rings is 3. The van der Waals surface area contributed by atoms with Crippen molar-refractivity contribution < 1.29 is 4.79 Å². The fraction of sp³-hybridized carbons (Fsp3) is 0.120. The number of carbonyl (C=O) groups is 1. The van der Waals surface area contributed by atoms with Crippen LogP contribution in [-0.4, -0.2) is 15.9 Å². The summed E-state index contributed by atoms with van der Waals surface area (Å²) in [6.45, 7) is 2.46. The van der Waals surface area contributed by atoms with Gasteiger partial charge in [0.25, 0.3) is 5.56 Å². The lowest BCUT2D eigenvalue weighted by atomic mass is 10.1. The van der Waals surface area contributed by atoms with E-state index in [1.807, 2.05) is 61.5 Å². The van der Waals surface area contributed by atoms with Crippen molar-refractivity contribution in [3.05, 3.63) is 111 Å². The van der Waals surface area contributed by atoms with Crippen LogP contribution >= 0.6 is 11.6 Å². The number of H-pyrrole nitrogens is 1. The minimum Gasteiger partial charge on any atom is -0.321 e. The second kappa shape index (κ2) is 9.06. The van der Waals surface area contributed by atoms with Gasteiger partial charge in [0.15, 0.2) is 0 Å². The Morgan fingerprint density at radius 3 is 2.48 bits per heavy atom. The Balaban J connectivity index is 1.66. The van der Waals surface area contributed by atoms with Crippen molar-refractivity contribution in [1.29, 1.82) is 0 Å². The van der Waals surface area contributed by atoms with Crippen LogP contribution in [0.25, 0.3) is 10.9 Å². The molecule has 0 spiro atoms. The van der Waals surface area contributed by atoms with E-state index in [9.17, 15) is 9.59 Å². The second-order valence-corrected chi connectivity index (χ2v) is 7.82. The number of nitrogens with one attached hydrogen (secondary N) is 2. The second-order valence-electron chi connectivity index (χ2n) is 7.41. The fourth-order valence-electron chi connectivity index (χ4n) is 3.51. The number of rotatable bonds is 5. The average Bonchev–Trinajstić information content (AvgIpc) is 2.77. The van der Waals surface area contributed by atoms with E-state index in [0.29, 0.717) is 22.8 Å². The maximum Gasteiger partial charge on any atom is 0.322 e. The quantitative estimate of drug-likeness (QED) is 0.424. The summed E-state index contributed by atoms with van der Waals surface area (Å²) < 4.78 is 0. The molecular weight excluding hydrogens is 410 g/mol. The highest BCUT2D eigenvalue weighted by atomic mass is 35.5. The van der Waals surface area contributed by atoms with Gasteiger partial charge in [-0.3, -0.25) is 4.79 Å². The van der Waals surface area contributed by atoms with E-state index in [-0.39, 0.29) is 18.1 Å². The van der Waals surface area contributed by atoms with Crippen LogP contribution in [0.15, 0.2) is 83.7 Å². The number of aromatic nitrogens is 1. The van der Waals surface area contributed by atoms with Gasteiger partial charge < -0.3 is 15.2 Å². The molecule has 4 aromatic rings. The summed E-state index contributed by atoms with van der Waals surface area (Å²) >= 11 is 6.21. The first-order valence-electron chi connectivity index (χ1n) is 9.97. The van der Waals surface area contributed by atoms with Crippen molar-refractivity contribution >= 4 is 34.2 Å². The van der Waals surface area contributed by atoms with Crippen molar-refractivity contribution in [1.82, 2.24) is 9.88 Å². The molecular formula is C25H22ClN3O2. The van der Waals surface area contributed by atoms with Crippen molar-refractivity contribution in [3.63, 3.8) is 0 Å². The first kappa shape index (κ1) is 20.7. The Bertz CT molecular complexity index is 1280. The highest BCUT2D eigenvalue weighted by molar-refractivity contribution is 6.33. The van der Waals surface area contributed by atoms with Crippen LogP contribution in [0.4, 0.5) is 10.5 Å². The van der Waals surface area contributed by atoms with Crippen LogP contribution < -0.4 is 10.9 Å². The molecule has 0 bridgehead atoms. The predicted octanol–water partition coefficient (Wildman–Crippen LogP) is 5.72. The number of amides is 2. The Kier molecular flexibility index (Phi) is 6.05. The standard InChI is InChI=1S/C25H22ClN3O2/c1-17-8-7-11-19-14-20(24(30)28-23(17)19)16-29(15-18-9-3-2-4-10-18)25(31)27-22-13-6-5-12-21(22)26/h2-14H,15-16H2,1H3,(H,27,31)(H,28,30). The third-order valence-corrected chi connectivity index (χ3v) is 5.47. The molecule has 2 amide bonds. The topological polar surface area (TPSA) is 65.2 Å². The smallest absolute Gasteiger partial charge is 0.321 e. The number of para-hydroxylation sites is 2. The van der Waals surface area contributed by atoms with Gasteiger partial charge >= 0.3 is 6.03 Å². The Hall–Kier alpha value is -3.57. The van der Waals surface area contributed by atoms with Crippen LogP contribution in [-0.2, 0) is 13.1 Å². The molecule has 2 N–H and O–H groups in total. The number of aromatic amines is 1. The SMILES string of the molecule is Cc1cccc2cc(CN(Cc3ccccc3)C(=O)Nc3ccccc3Cl)c(=O)[nH]c12. The van der Waals surface area contributed by atoms with E-state index in [1.165, 1.54) is 0 Å². The minimum atomic E-state index is -0.333. The molecule has 1 aromatic heterocycles. The third-order valence-electron chi connectivity index (χ3n) is 5.15. The summed E-state index contributed by atoms with van der Waals surface area (Å²) in [5.41, 5.74) is 3.61. The first-order valence-corrected chi connectivity index (χ1v) is 10.3. The maximum absolute atomic E-state index is 13.1. The Morgan fingerprint density at radius 1 is 0.968 bits per heavy atom. The summed E-state index contributed by atoms with van der Waals surface area (Å²) in [7, 11) is 0. The van der Waals surface area contributed by atoms with Crippen molar-refractivity contribution in [3.8, 4) is 0 Å². The lowest BCUT2D eigenvalue weighted by Gasteiger charge is -2.23. The van der Waals surface area contributed by atoms with Crippen molar-refractivity contribution in [2.24, 2.45) is 0 Å². The molecule has 3 aromatic carbocycles. The molecule has 156 valence electrons. The highest BCUT2D eigenvalue weighted by Gasteiger charge is 2.18. The van der Waals surface area contributed by atoms with Crippen LogP contribution in [0.2, 0.25) is 5.02 Å². The summed E-state index contributed by atoms with van der Waals surface area (Å²) in [6, 6.07) is 24.1. The van der Waals surface area contributed by atoms with Gasteiger partial charge in [0.1, 0.15) is 0 Å². The number of nitrogens with zero attached hydrogens (tertiary/aromatic N) is 1. The zero-order valence-electron chi connectivity index (χ0n) is 17.1. The molecule has 0 saturated heterocycles. The number of hydrogen-bond acceptors (Lipinski definition) is 2. The molecule has 0 atom stereocenters. The minimum absolute atomic E-state index is 0.157. The zero-order chi connectivity index (χ0) is 21.8. The van der Waals surface area contributed by atoms with Crippen LogP contribution in [0, 0.1) is 6.92 Å². The predicted molar refractivity (Wildman–Crippen MR) is 125 cm³/mol. The molecule has 31 heavy (non-hydrogen) atoms. The van der Waals surface area contributed by atoms with Gasteiger partial charge in [0.2, 0.25) is 0 Å². The van der Waals surface area contributed by atoms with E-state index in [4.69, 9.17) is 11.6 Å². The summed E-state index contributed by atoms with van der Waals surface area (Å²) in [4.78, 5) is 30.5. The number of aryl methyl sites for hydroxylation is 1. The van der Waals surface area contributed by atoms with Gasteiger partial charge in [-0.2, -0.15) is 0 Å². The summed E-state index contributed by atoms with van der Waals surface area (Å²) in [5.74, 6) is 0. The van der Waals surface area contributed by atoms with E-state index in [1.54, 1.807) is 29.2 Å². The average molecular weight is 432 g/mol. The molecule has 0 radical (unpaired) electrons. The molecule has 6 heteroatoms. The van der Waals surface area contributed by atoms with E-state index >= 15 is 0 Å². The molecule has 0 aliphatic carbocycles. The number of pyridine rings is 1. The van der Waals surface area contributed by atoms with Crippen LogP contribution in [0.5, 0.6) is 0 Å². The fourth-order valence-corrected chi connectivity index (χ4v) is 3.69. The van der Waals surface area contributed by atoms with Gasteiger partial charge in [-0.15, -0.1) is 0 Å². The number of anilines is 1. The number of halogens is 1. The van der Waals surface area contributed by atoms with E-state index in [0.717, 1.165) is 22.0 Å². The summed E-state index contributed by atoms with van der Waals surface area (Å²) in [5, 5.41) is 4.24. The molecule has 4 rings (SSSR count). The lowest BCUT2D eigenvalue weighted by Crippen LogP contribution is -2.35.